The number of halogens is 3. The molecule has 1 unspecified atom stereocenters. The molecular formula is C28H31Cl2FN2O8. The van der Waals surface area contributed by atoms with Crippen molar-refractivity contribution in [3.8, 4) is 0 Å². The number of nitrogens with one attached hydrogen (secondary N) is 1. The molecule has 5 N–H and O–H groups in total. The van der Waals surface area contributed by atoms with Crippen molar-refractivity contribution in [2.75, 3.05) is 19.6 Å². The van der Waals surface area contributed by atoms with Crippen molar-refractivity contribution in [1.82, 2.24) is 10.2 Å². The van der Waals surface area contributed by atoms with Crippen molar-refractivity contribution in [2.24, 2.45) is 5.92 Å². The molecule has 2 heterocycles. The third-order valence-electron chi connectivity index (χ3n) is 7.46. The number of aliphatic hydroxyl groups is 1. The van der Waals surface area contributed by atoms with Gasteiger partial charge in [0, 0.05) is 34.5 Å². The lowest BCUT2D eigenvalue weighted by atomic mass is 9.64. The quantitative estimate of drug-likeness (QED) is 0.285. The van der Waals surface area contributed by atoms with Gasteiger partial charge in [-0.2, -0.15) is 0 Å². The van der Waals surface area contributed by atoms with Crippen molar-refractivity contribution in [3.05, 3.63) is 69.5 Å². The molecule has 10 nitrogen and oxygen atoms in total. The first-order chi connectivity index (χ1) is 19.3. The summed E-state index contributed by atoms with van der Waals surface area (Å²) in [7, 11) is 0. The first kappa shape index (κ1) is 32.3. The predicted octanol–water partition coefficient (Wildman–Crippen LogP) is 3.55. The van der Waals surface area contributed by atoms with E-state index in [1.807, 2.05) is 29.2 Å². The summed E-state index contributed by atoms with van der Waals surface area (Å²) in [5.41, 5.74) is -0.969. The number of carbonyl (C=O) groups is 4. The third kappa shape index (κ3) is 8.16. The Kier molecular flexibility index (Phi) is 10.7. The average Bonchev–Trinajstić information content (AvgIpc) is 3.23. The molecule has 41 heavy (non-hydrogen) atoms. The van der Waals surface area contributed by atoms with Crippen LogP contribution >= 0.6 is 23.2 Å². The van der Waals surface area contributed by atoms with Crippen LogP contribution in [-0.4, -0.2) is 74.4 Å². The van der Waals surface area contributed by atoms with Gasteiger partial charge >= 0.3 is 17.9 Å². The molecule has 2 aromatic carbocycles. The fourth-order valence-corrected chi connectivity index (χ4v) is 6.11. The SMILES string of the molecule is O=C(O)CC(O)(CC(=O)O)C(=O)O.O=C1C(C2(c3ccc(F)cc3)CCNCC2)CCN1Cc1cc(Cl)cc(Cl)c1. The molecule has 2 aliphatic heterocycles. The fraction of sp³-hybridized carbons (Fsp3) is 0.429. The molecule has 2 saturated heterocycles. The number of carboxylic acids is 3. The van der Waals surface area contributed by atoms with E-state index in [4.69, 9.17) is 43.6 Å². The minimum Gasteiger partial charge on any atom is -0.481 e. The second-order valence-electron chi connectivity index (χ2n) is 10.3. The molecule has 0 bridgehead atoms. The minimum atomic E-state index is -2.74. The molecule has 2 aromatic rings. The van der Waals surface area contributed by atoms with Crippen molar-refractivity contribution in [2.45, 2.75) is 49.7 Å². The van der Waals surface area contributed by atoms with Crippen LogP contribution < -0.4 is 5.32 Å². The minimum absolute atomic E-state index is 0.0882. The van der Waals surface area contributed by atoms with Gasteiger partial charge < -0.3 is 30.6 Å². The predicted molar refractivity (Wildman–Crippen MR) is 147 cm³/mol. The zero-order chi connectivity index (χ0) is 30.4. The molecule has 1 amide bonds. The Morgan fingerprint density at radius 3 is 2.00 bits per heavy atom. The Morgan fingerprint density at radius 1 is 0.976 bits per heavy atom. The Bertz CT molecular complexity index is 1250. The zero-order valence-electron chi connectivity index (χ0n) is 22.0. The van der Waals surface area contributed by atoms with Gasteiger partial charge in [-0.15, -0.1) is 0 Å². The van der Waals surface area contributed by atoms with Crippen LogP contribution in [0.2, 0.25) is 10.0 Å². The number of carboxylic acid groups (broad SMARTS) is 3. The molecule has 1 atom stereocenters. The highest BCUT2D eigenvalue weighted by Crippen LogP contribution is 2.45. The van der Waals surface area contributed by atoms with E-state index >= 15 is 0 Å². The first-order valence-electron chi connectivity index (χ1n) is 12.9. The number of rotatable bonds is 9. The van der Waals surface area contributed by atoms with Crippen LogP contribution in [0.25, 0.3) is 0 Å². The number of amides is 1. The van der Waals surface area contributed by atoms with Gasteiger partial charge in [-0.3, -0.25) is 14.4 Å². The van der Waals surface area contributed by atoms with Gasteiger partial charge in [-0.05, 0) is 73.8 Å². The summed E-state index contributed by atoms with van der Waals surface area (Å²) in [6.07, 6.45) is 0.283. The summed E-state index contributed by atoms with van der Waals surface area (Å²) in [5.74, 6) is -5.18. The Balaban J connectivity index is 0.000000302. The smallest absolute Gasteiger partial charge is 0.336 e. The van der Waals surface area contributed by atoms with Crippen LogP contribution in [0, 0.1) is 11.7 Å². The maximum Gasteiger partial charge on any atom is 0.336 e. The van der Waals surface area contributed by atoms with Crippen LogP contribution in [0.1, 0.15) is 43.2 Å². The monoisotopic (exact) mass is 612 g/mol. The van der Waals surface area contributed by atoms with E-state index in [-0.39, 0.29) is 23.1 Å². The van der Waals surface area contributed by atoms with Gasteiger partial charge in [0.05, 0.1) is 12.8 Å². The van der Waals surface area contributed by atoms with Gasteiger partial charge in [0.25, 0.3) is 0 Å². The molecule has 0 aliphatic carbocycles. The van der Waals surface area contributed by atoms with E-state index in [1.54, 1.807) is 6.07 Å². The highest BCUT2D eigenvalue weighted by atomic mass is 35.5. The standard InChI is InChI=1S/C22H23Cl2FN2O.C6H8O7/c23-17-11-15(12-18(24)13-17)14-27-10-5-20(21(27)28)22(6-8-26-9-7-22)16-1-3-19(25)4-2-16;7-3(8)1-6(13,5(11)12)2-4(9)10/h1-4,11-13,20,26H,5-10,14H2;13H,1-2H2,(H,7,8)(H,9,10)(H,11,12). The van der Waals surface area contributed by atoms with Crippen LogP contribution in [0.4, 0.5) is 4.39 Å². The van der Waals surface area contributed by atoms with Gasteiger partial charge in [-0.25, -0.2) is 9.18 Å². The average molecular weight is 613 g/mol. The third-order valence-corrected chi connectivity index (χ3v) is 7.90. The summed E-state index contributed by atoms with van der Waals surface area (Å²) < 4.78 is 13.5. The van der Waals surface area contributed by atoms with Crippen LogP contribution in [-0.2, 0) is 31.1 Å². The molecule has 0 saturated carbocycles. The highest BCUT2D eigenvalue weighted by Gasteiger charge is 2.49. The molecule has 0 radical (unpaired) electrons. The van der Waals surface area contributed by atoms with E-state index < -0.39 is 36.4 Å². The van der Waals surface area contributed by atoms with E-state index in [1.165, 1.54) is 12.1 Å². The van der Waals surface area contributed by atoms with Crippen LogP contribution in [0.5, 0.6) is 0 Å². The lowest BCUT2D eigenvalue weighted by molar-refractivity contribution is -0.170. The van der Waals surface area contributed by atoms with Gasteiger partial charge in [-0.1, -0.05) is 35.3 Å². The summed E-state index contributed by atoms with van der Waals surface area (Å²) in [5, 5.41) is 38.4. The largest absolute Gasteiger partial charge is 0.481 e. The second-order valence-corrected chi connectivity index (χ2v) is 11.1. The normalized spacial score (nSPS) is 18.4. The number of benzene rings is 2. The van der Waals surface area contributed by atoms with Crippen molar-refractivity contribution < 1.29 is 44.0 Å². The number of hydrogen-bond acceptors (Lipinski definition) is 6. The molecule has 2 aliphatic rings. The van der Waals surface area contributed by atoms with E-state index in [0.29, 0.717) is 23.1 Å². The maximum absolute atomic E-state index is 13.5. The summed E-state index contributed by atoms with van der Waals surface area (Å²) in [4.78, 5) is 45.8. The van der Waals surface area contributed by atoms with E-state index in [2.05, 4.69) is 5.32 Å². The summed E-state index contributed by atoms with van der Waals surface area (Å²) >= 11 is 12.2. The molecular weight excluding hydrogens is 582 g/mol. The number of aliphatic carboxylic acids is 3. The van der Waals surface area contributed by atoms with E-state index in [9.17, 15) is 23.6 Å². The molecule has 0 spiro atoms. The second kappa shape index (κ2) is 13.6. The van der Waals surface area contributed by atoms with Crippen molar-refractivity contribution >= 4 is 47.0 Å². The number of carbonyl (C=O) groups excluding carboxylic acids is 1. The molecule has 2 fully saturated rings. The number of likely N-dealkylation sites (tertiary alicyclic amines) is 1. The zero-order valence-corrected chi connectivity index (χ0v) is 23.5. The Labute approximate surface area is 245 Å². The van der Waals surface area contributed by atoms with Gasteiger partial charge in [0.15, 0.2) is 5.60 Å². The number of nitrogens with zero attached hydrogens (tertiary/aromatic N) is 1. The van der Waals surface area contributed by atoms with Crippen LogP contribution in [0.3, 0.4) is 0 Å². The molecule has 4 rings (SSSR count). The molecule has 0 aromatic heterocycles. The maximum atomic E-state index is 13.5. The lowest BCUT2D eigenvalue weighted by Gasteiger charge is -2.42. The summed E-state index contributed by atoms with van der Waals surface area (Å²) in [6, 6.07) is 12.1. The fourth-order valence-electron chi connectivity index (χ4n) is 5.54. The topological polar surface area (TPSA) is 164 Å². The number of piperidine rings is 1. The Hall–Kier alpha value is -3.25. The number of hydrogen-bond donors (Lipinski definition) is 5. The van der Waals surface area contributed by atoms with Crippen molar-refractivity contribution in [1.29, 1.82) is 0 Å². The Morgan fingerprint density at radius 2 is 1.51 bits per heavy atom. The molecule has 222 valence electrons. The molecule has 13 heteroatoms. The lowest BCUT2D eigenvalue weighted by Crippen LogP contribution is -2.47. The summed E-state index contributed by atoms with van der Waals surface area (Å²) in [6.45, 7) is 2.95. The van der Waals surface area contributed by atoms with Crippen LogP contribution in [0.15, 0.2) is 42.5 Å². The van der Waals surface area contributed by atoms with Gasteiger partial charge in [0.2, 0.25) is 5.91 Å². The highest BCUT2D eigenvalue weighted by molar-refractivity contribution is 6.34. The van der Waals surface area contributed by atoms with E-state index in [0.717, 1.165) is 43.5 Å². The van der Waals surface area contributed by atoms with Crippen molar-refractivity contribution in [3.63, 3.8) is 0 Å². The van der Waals surface area contributed by atoms with Gasteiger partial charge in [0.1, 0.15) is 5.82 Å². The first-order valence-corrected chi connectivity index (χ1v) is 13.6.